The van der Waals surface area contributed by atoms with Crippen LogP contribution < -0.4 is 10.2 Å². The molecule has 0 aliphatic heterocycles. The Bertz CT molecular complexity index is 569. The molecule has 110 valence electrons. The van der Waals surface area contributed by atoms with Crippen LogP contribution in [-0.4, -0.2) is 19.1 Å². The fourth-order valence-electron chi connectivity index (χ4n) is 1.93. The predicted molar refractivity (Wildman–Crippen MR) is 81.0 cm³/mol. The number of nitrogens with one attached hydrogen (secondary N) is 1. The van der Waals surface area contributed by atoms with Crippen molar-refractivity contribution in [3.8, 4) is 5.75 Å². The molecular formula is C17H19NO3. The second-order valence-electron chi connectivity index (χ2n) is 4.52. The van der Waals surface area contributed by atoms with Gasteiger partial charge in [-0.25, -0.2) is 5.48 Å². The van der Waals surface area contributed by atoms with E-state index < -0.39 is 0 Å². The zero-order valence-corrected chi connectivity index (χ0v) is 12.0. The fourth-order valence-corrected chi connectivity index (χ4v) is 1.93. The summed E-state index contributed by atoms with van der Waals surface area (Å²) in [5.41, 5.74) is 4.56. The Balaban J connectivity index is 1.98. The van der Waals surface area contributed by atoms with Crippen LogP contribution >= 0.6 is 0 Å². The zero-order valence-electron chi connectivity index (χ0n) is 12.0. The largest absolute Gasteiger partial charge is 0.483 e. The van der Waals surface area contributed by atoms with Gasteiger partial charge >= 0.3 is 0 Å². The first-order chi connectivity index (χ1) is 10.3. The number of para-hydroxylation sites is 1. The number of benzene rings is 2. The summed E-state index contributed by atoms with van der Waals surface area (Å²) in [5.74, 6) is 0.416. The molecule has 0 spiro atoms. The minimum Gasteiger partial charge on any atom is -0.483 e. The average Bonchev–Trinajstić information content (AvgIpc) is 2.53. The van der Waals surface area contributed by atoms with E-state index in [0.29, 0.717) is 12.4 Å². The summed E-state index contributed by atoms with van der Waals surface area (Å²) in [6.07, 6.45) is 0.768. The van der Waals surface area contributed by atoms with Crippen LogP contribution in [0, 0.1) is 0 Å². The molecule has 0 radical (unpaired) electrons. The molecule has 0 aromatic heterocycles. The monoisotopic (exact) mass is 285 g/mol. The van der Waals surface area contributed by atoms with E-state index in [-0.39, 0.29) is 12.5 Å². The molecule has 4 heteroatoms. The van der Waals surface area contributed by atoms with Gasteiger partial charge < -0.3 is 4.74 Å². The van der Waals surface area contributed by atoms with E-state index in [1.807, 2.05) is 42.5 Å². The van der Waals surface area contributed by atoms with Crippen LogP contribution in [0.2, 0.25) is 0 Å². The molecule has 2 aromatic carbocycles. The van der Waals surface area contributed by atoms with Crippen molar-refractivity contribution in [3.05, 3.63) is 65.7 Å². The van der Waals surface area contributed by atoms with Crippen molar-refractivity contribution < 1.29 is 14.4 Å². The van der Waals surface area contributed by atoms with Crippen LogP contribution in [0.25, 0.3) is 0 Å². The third-order valence-electron chi connectivity index (χ3n) is 2.90. The third kappa shape index (κ3) is 4.93. The summed E-state index contributed by atoms with van der Waals surface area (Å²) >= 11 is 0. The van der Waals surface area contributed by atoms with Gasteiger partial charge in [0.1, 0.15) is 5.75 Å². The molecule has 0 aliphatic carbocycles. The van der Waals surface area contributed by atoms with Crippen LogP contribution in [0.5, 0.6) is 5.75 Å². The molecule has 0 heterocycles. The fraction of sp³-hybridized carbons (Fsp3) is 0.235. The number of carbonyl (C=O) groups excluding carboxylic acids is 1. The summed E-state index contributed by atoms with van der Waals surface area (Å²) in [6.45, 7) is 2.17. The lowest BCUT2D eigenvalue weighted by Gasteiger charge is -2.11. The van der Waals surface area contributed by atoms with Crippen LogP contribution in [0.3, 0.4) is 0 Å². The lowest BCUT2D eigenvalue weighted by Crippen LogP contribution is -2.29. The lowest BCUT2D eigenvalue weighted by atomic mass is 10.0. The van der Waals surface area contributed by atoms with Gasteiger partial charge in [-0.15, -0.1) is 0 Å². The van der Waals surface area contributed by atoms with E-state index in [1.54, 1.807) is 6.92 Å². The first-order valence-electron chi connectivity index (χ1n) is 6.95. The molecule has 0 atom stereocenters. The van der Waals surface area contributed by atoms with E-state index in [2.05, 4.69) is 17.6 Å². The Kier molecular flexibility index (Phi) is 5.79. The van der Waals surface area contributed by atoms with E-state index in [9.17, 15) is 4.79 Å². The van der Waals surface area contributed by atoms with Gasteiger partial charge in [0.2, 0.25) is 0 Å². The molecule has 1 amide bonds. The number of rotatable bonds is 7. The molecule has 2 rings (SSSR count). The lowest BCUT2D eigenvalue weighted by molar-refractivity contribution is -0.135. The molecule has 0 unspecified atom stereocenters. The summed E-state index contributed by atoms with van der Waals surface area (Å²) in [7, 11) is 0. The van der Waals surface area contributed by atoms with Gasteiger partial charge in [-0.05, 0) is 24.1 Å². The van der Waals surface area contributed by atoms with E-state index in [1.165, 1.54) is 5.56 Å². The van der Waals surface area contributed by atoms with Crippen molar-refractivity contribution in [2.75, 3.05) is 13.2 Å². The summed E-state index contributed by atoms with van der Waals surface area (Å²) in [4.78, 5) is 16.3. The highest BCUT2D eigenvalue weighted by Crippen LogP contribution is 2.21. The first kappa shape index (κ1) is 15.1. The Hall–Kier alpha value is -2.33. The van der Waals surface area contributed by atoms with Crippen LogP contribution in [0.15, 0.2) is 54.6 Å². The van der Waals surface area contributed by atoms with Gasteiger partial charge in [0.25, 0.3) is 5.91 Å². The van der Waals surface area contributed by atoms with Crippen molar-refractivity contribution in [3.63, 3.8) is 0 Å². The Morgan fingerprint density at radius 3 is 2.52 bits per heavy atom. The maximum Gasteiger partial charge on any atom is 0.281 e. The third-order valence-corrected chi connectivity index (χ3v) is 2.90. The SMILES string of the molecule is CCONC(=O)COc1ccccc1Cc1ccccc1. The molecule has 0 fully saturated rings. The molecule has 0 saturated heterocycles. The quantitative estimate of drug-likeness (QED) is 0.796. The van der Waals surface area contributed by atoms with E-state index >= 15 is 0 Å². The highest BCUT2D eigenvalue weighted by Gasteiger charge is 2.07. The Labute approximate surface area is 124 Å². The molecule has 0 aliphatic rings. The molecule has 1 N–H and O–H groups in total. The van der Waals surface area contributed by atoms with Crippen LogP contribution in [-0.2, 0) is 16.1 Å². The van der Waals surface area contributed by atoms with Crippen molar-refractivity contribution >= 4 is 5.91 Å². The number of carbonyl (C=O) groups is 1. The molecule has 4 nitrogen and oxygen atoms in total. The first-order valence-corrected chi connectivity index (χ1v) is 6.95. The smallest absolute Gasteiger partial charge is 0.281 e. The molecular weight excluding hydrogens is 266 g/mol. The maximum atomic E-state index is 11.5. The van der Waals surface area contributed by atoms with Gasteiger partial charge in [-0.1, -0.05) is 48.5 Å². The van der Waals surface area contributed by atoms with Crippen molar-refractivity contribution in [1.82, 2.24) is 5.48 Å². The predicted octanol–water partition coefficient (Wildman–Crippen LogP) is 2.72. The van der Waals surface area contributed by atoms with Gasteiger partial charge in [-0.2, -0.15) is 0 Å². The van der Waals surface area contributed by atoms with E-state index in [4.69, 9.17) is 9.57 Å². The van der Waals surface area contributed by atoms with Gasteiger partial charge in [-0.3, -0.25) is 9.63 Å². The molecule has 0 saturated carbocycles. The maximum absolute atomic E-state index is 11.5. The number of hydroxylamine groups is 1. The average molecular weight is 285 g/mol. The number of amides is 1. The van der Waals surface area contributed by atoms with Gasteiger partial charge in [0, 0.05) is 6.42 Å². The molecule has 0 bridgehead atoms. The topological polar surface area (TPSA) is 47.6 Å². The Morgan fingerprint density at radius 2 is 1.76 bits per heavy atom. The highest BCUT2D eigenvalue weighted by molar-refractivity contribution is 5.76. The zero-order chi connectivity index (χ0) is 14.9. The summed E-state index contributed by atoms with van der Waals surface area (Å²) in [6, 6.07) is 17.9. The van der Waals surface area contributed by atoms with Gasteiger partial charge in [0.15, 0.2) is 6.61 Å². The summed E-state index contributed by atoms with van der Waals surface area (Å²) in [5, 5.41) is 0. The van der Waals surface area contributed by atoms with Crippen LogP contribution in [0.1, 0.15) is 18.1 Å². The van der Waals surface area contributed by atoms with Gasteiger partial charge in [0.05, 0.1) is 6.61 Å². The number of ether oxygens (including phenoxy) is 1. The second-order valence-corrected chi connectivity index (χ2v) is 4.52. The Morgan fingerprint density at radius 1 is 1.05 bits per heavy atom. The normalized spacial score (nSPS) is 10.1. The number of hydrogen-bond acceptors (Lipinski definition) is 3. The molecule has 2 aromatic rings. The second kappa shape index (κ2) is 8.07. The number of hydrogen-bond donors (Lipinski definition) is 1. The summed E-state index contributed by atoms with van der Waals surface area (Å²) < 4.78 is 5.58. The molecule has 21 heavy (non-hydrogen) atoms. The van der Waals surface area contributed by atoms with Crippen molar-refractivity contribution in [2.24, 2.45) is 0 Å². The minimum atomic E-state index is -0.300. The van der Waals surface area contributed by atoms with Crippen molar-refractivity contribution in [2.45, 2.75) is 13.3 Å². The highest BCUT2D eigenvalue weighted by atomic mass is 16.7. The van der Waals surface area contributed by atoms with E-state index in [0.717, 1.165) is 12.0 Å². The van der Waals surface area contributed by atoms with Crippen LogP contribution in [0.4, 0.5) is 0 Å². The minimum absolute atomic E-state index is 0.0637. The van der Waals surface area contributed by atoms with Crippen molar-refractivity contribution in [1.29, 1.82) is 0 Å². The standard InChI is InChI=1S/C17H19NO3/c1-2-21-18-17(19)13-20-16-11-7-6-10-15(16)12-14-8-4-3-5-9-14/h3-11H,2,12-13H2,1H3,(H,18,19).